The number of hydrogen-bond acceptors (Lipinski definition) is 2. The molecule has 114 valence electrons. The summed E-state index contributed by atoms with van der Waals surface area (Å²) in [5.74, 6) is 0. The summed E-state index contributed by atoms with van der Waals surface area (Å²) in [7, 11) is 0. The fourth-order valence-corrected chi connectivity index (χ4v) is 3.00. The van der Waals surface area contributed by atoms with Crippen molar-refractivity contribution >= 4 is 22.5 Å². The highest BCUT2D eigenvalue weighted by atomic mass is 35.5. The van der Waals surface area contributed by atoms with Crippen molar-refractivity contribution in [3.8, 4) is 11.1 Å². The zero-order chi connectivity index (χ0) is 15.5. The average molecular weight is 314 g/mol. The first-order chi connectivity index (χ1) is 10.7. The molecule has 2 aromatic carbocycles. The summed E-state index contributed by atoms with van der Waals surface area (Å²) in [4.78, 5) is 3.54. The first-order valence-electron chi connectivity index (χ1n) is 7.50. The summed E-state index contributed by atoms with van der Waals surface area (Å²) >= 11 is 6.20. The van der Waals surface area contributed by atoms with E-state index in [-0.39, 0.29) is 6.04 Å². The minimum atomic E-state index is 0.185. The quantitative estimate of drug-likeness (QED) is 0.664. The van der Waals surface area contributed by atoms with E-state index in [0.29, 0.717) is 6.54 Å². The van der Waals surface area contributed by atoms with Crippen molar-refractivity contribution in [2.75, 3.05) is 13.1 Å². The summed E-state index contributed by atoms with van der Waals surface area (Å²) < 4.78 is 0. The summed E-state index contributed by atoms with van der Waals surface area (Å²) in [5.41, 5.74) is 10.3. The van der Waals surface area contributed by atoms with Crippen molar-refractivity contribution < 1.29 is 0 Å². The first-order valence-corrected chi connectivity index (χ1v) is 7.88. The summed E-state index contributed by atoms with van der Waals surface area (Å²) in [6, 6.07) is 16.5. The number of rotatable bonds is 5. The molecule has 0 saturated heterocycles. The van der Waals surface area contributed by atoms with E-state index in [2.05, 4.69) is 41.5 Å². The third-order valence-corrected chi connectivity index (χ3v) is 4.12. The molecule has 3 aromatic rings. The van der Waals surface area contributed by atoms with E-state index in [1.807, 2.05) is 24.3 Å². The molecule has 4 N–H and O–H groups in total. The number of aromatic nitrogens is 1. The summed E-state index contributed by atoms with van der Waals surface area (Å²) in [6.45, 7) is 3.55. The Morgan fingerprint density at radius 1 is 1.18 bits per heavy atom. The molecule has 1 unspecified atom stereocenters. The van der Waals surface area contributed by atoms with E-state index < -0.39 is 0 Å². The van der Waals surface area contributed by atoms with E-state index >= 15 is 0 Å². The smallest absolute Gasteiger partial charge is 0.0464 e. The Hall–Kier alpha value is -1.81. The van der Waals surface area contributed by atoms with Gasteiger partial charge >= 0.3 is 0 Å². The average Bonchev–Trinajstić information content (AvgIpc) is 2.92. The molecule has 1 heterocycles. The third kappa shape index (κ3) is 2.88. The van der Waals surface area contributed by atoms with E-state index in [1.165, 1.54) is 11.1 Å². The van der Waals surface area contributed by atoms with Gasteiger partial charge in [0.25, 0.3) is 0 Å². The number of nitrogens with one attached hydrogen (secondary N) is 2. The second-order valence-corrected chi connectivity index (χ2v) is 5.87. The molecule has 1 aromatic heterocycles. The third-order valence-electron chi connectivity index (χ3n) is 3.88. The Morgan fingerprint density at radius 3 is 2.68 bits per heavy atom. The lowest BCUT2D eigenvalue weighted by molar-refractivity contribution is 0.573. The molecule has 0 aliphatic rings. The lowest BCUT2D eigenvalue weighted by Gasteiger charge is -2.14. The number of hydrogen-bond donors (Lipinski definition) is 3. The van der Waals surface area contributed by atoms with Gasteiger partial charge in [-0.3, -0.25) is 0 Å². The number of nitrogens with two attached hydrogens (primary N) is 1. The maximum atomic E-state index is 6.20. The predicted molar refractivity (Wildman–Crippen MR) is 94.2 cm³/mol. The van der Waals surface area contributed by atoms with Gasteiger partial charge in [-0.2, -0.15) is 0 Å². The molecule has 1 atom stereocenters. The molecule has 0 aliphatic heterocycles. The maximum Gasteiger partial charge on any atom is 0.0464 e. The van der Waals surface area contributed by atoms with Crippen LogP contribution in [0.15, 0.2) is 48.5 Å². The molecule has 0 saturated carbocycles. The van der Waals surface area contributed by atoms with Gasteiger partial charge < -0.3 is 16.0 Å². The molecule has 3 nitrogen and oxygen atoms in total. The molecule has 4 heteroatoms. The van der Waals surface area contributed by atoms with Gasteiger partial charge in [0.2, 0.25) is 0 Å². The number of halogens is 1. The summed E-state index contributed by atoms with van der Waals surface area (Å²) in [5, 5.41) is 5.34. The van der Waals surface area contributed by atoms with Gasteiger partial charge in [-0.25, -0.2) is 0 Å². The SMILES string of the molecule is CC(NCCN)c1[nH]c2ccc(Cl)cc2c1-c1ccccc1. The van der Waals surface area contributed by atoms with Crippen LogP contribution >= 0.6 is 11.6 Å². The maximum absolute atomic E-state index is 6.20. The van der Waals surface area contributed by atoms with Crippen LogP contribution in [0.2, 0.25) is 5.02 Å². The highest BCUT2D eigenvalue weighted by molar-refractivity contribution is 6.31. The fraction of sp³-hybridized carbons (Fsp3) is 0.222. The molecule has 0 radical (unpaired) electrons. The van der Waals surface area contributed by atoms with Crippen LogP contribution in [0.5, 0.6) is 0 Å². The lowest BCUT2D eigenvalue weighted by atomic mass is 9.99. The van der Waals surface area contributed by atoms with E-state index in [9.17, 15) is 0 Å². The van der Waals surface area contributed by atoms with Gasteiger partial charge in [-0.15, -0.1) is 0 Å². The van der Waals surface area contributed by atoms with E-state index in [0.717, 1.165) is 28.2 Å². The molecule has 0 aliphatic carbocycles. The van der Waals surface area contributed by atoms with Gasteiger partial charge in [0.1, 0.15) is 0 Å². The molecule has 0 amide bonds. The van der Waals surface area contributed by atoms with Crippen molar-refractivity contribution in [2.24, 2.45) is 5.73 Å². The van der Waals surface area contributed by atoms with Crippen molar-refractivity contribution in [1.82, 2.24) is 10.3 Å². The molecular formula is C18H20ClN3. The van der Waals surface area contributed by atoms with Crippen LogP contribution in [0.4, 0.5) is 0 Å². The predicted octanol–water partition coefficient (Wildman–Crippen LogP) is 4.10. The van der Waals surface area contributed by atoms with Crippen LogP contribution in [-0.4, -0.2) is 18.1 Å². The molecule has 3 rings (SSSR count). The molecule has 22 heavy (non-hydrogen) atoms. The number of H-pyrrole nitrogens is 1. The van der Waals surface area contributed by atoms with Gasteiger partial charge in [0.05, 0.1) is 0 Å². The second-order valence-electron chi connectivity index (χ2n) is 5.43. The van der Waals surface area contributed by atoms with Gasteiger partial charge in [-0.1, -0.05) is 41.9 Å². The summed E-state index contributed by atoms with van der Waals surface area (Å²) in [6.07, 6.45) is 0. The van der Waals surface area contributed by atoms with Gasteiger partial charge in [0, 0.05) is 46.3 Å². The number of aromatic amines is 1. The van der Waals surface area contributed by atoms with Crippen LogP contribution in [0.1, 0.15) is 18.7 Å². The van der Waals surface area contributed by atoms with Crippen molar-refractivity contribution in [1.29, 1.82) is 0 Å². The van der Waals surface area contributed by atoms with Gasteiger partial charge in [0.15, 0.2) is 0 Å². The van der Waals surface area contributed by atoms with E-state index in [4.69, 9.17) is 17.3 Å². The Morgan fingerprint density at radius 2 is 1.95 bits per heavy atom. The molecule has 0 bridgehead atoms. The Kier molecular flexibility index (Phi) is 4.48. The monoisotopic (exact) mass is 313 g/mol. The molecule has 0 spiro atoms. The van der Waals surface area contributed by atoms with Crippen LogP contribution in [0, 0.1) is 0 Å². The van der Waals surface area contributed by atoms with E-state index in [1.54, 1.807) is 0 Å². The number of fused-ring (bicyclic) bond motifs is 1. The Balaban J connectivity index is 2.18. The highest BCUT2D eigenvalue weighted by Crippen LogP contribution is 2.36. The zero-order valence-electron chi connectivity index (χ0n) is 12.6. The minimum absolute atomic E-state index is 0.185. The standard InChI is InChI=1S/C18H20ClN3/c1-12(21-10-9-20)18-17(13-5-3-2-4-6-13)15-11-14(19)7-8-16(15)22-18/h2-8,11-12,21-22H,9-10,20H2,1H3. The first kappa shape index (κ1) is 15.1. The Labute approximate surface area is 135 Å². The lowest BCUT2D eigenvalue weighted by Crippen LogP contribution is -2.25. The van der Waals surface area contributed by atoms with Crippen molar-refractivity contribution in [3.63, 3.8) is 0 Å². The molecular weight excluding hydrogens is 294 g/mol. The molecule has 0 fully saturated rings. The fourth-order valence-electron chi connectivity index (χ4n) is 2.83. The van der Waals surface area contributed by atoms with Crippen molar-refractivity contribution in [2.45, 2.75) is 13.0 Å². The second kappa shape index (κ2) is 6.53. The van der Waals surface area contributed by atoms with Crippen LogP contribution in [0.25, 0.3) is 22.0 Å². The van der Waals surface area contributed by atoms with Gasteiger partial charge in [-0.05, 0) is 30.7 Å². The van der Waals surface area contributed by atoms with Crippen LogP contribution in [0.3, 0.4) is 0 Å². The van der Waals surface area contributed by atoms with Crippen molar-refractivity contribution in [3.05, 3.63) is 59.2 Å². The van der Waals surface area contributed by atoms with Crippen LogP contribution in [-0.2, 0) is 0 Å². The zero-order valence-corrected chi connectivity index (χ0v) is 13.3. The largest absolute Gasteiger partial charge is 0.357 e. The van der Waals surface area contributed by atoms with Crippen LogP contribution < -0.4 is 11.1 Å². The highest BCUT2D eigenvalue weighted by Gasteiger charge is 2.17. The topological polar surface area (TPSA) is 53.8 Å². The number of benzene rings is 2. The normalized spacial score (nSPS) is 12.7. The minimum Gasteiger partial charge on any atom is -0.357 e. The Bertz CT molecular complexity index is 765.